The van der Waals surface area contributed by atoms with E-state index in [1.54, 1.807) is 0 Å². The number of rotatable bonds is 5. The number of fused-ring (bicyclic) bond motifs is 1. The number of carbonyl (C=O) groups excluding carboxylic acids is 2. The standard InChI is InChI=1S/C14H21N3O4/c1-8(2)15-14(19)13-10-6-9(16-12(18)7-20-3)4-5-11(10)21-17-13/h8-9H,4-7H2,1-3H3,(H,15,19)(H,16,18). The highest BCUT2D eigenvalue weighted by Crippen LogP contribution is 2.24. The molecular formula is C14H21N3O4. The van der Waals surface area contributed by atoms with Crippen LogP contribution in [0.25, 0.3) is 0 Å². The summed E-state index contributed by atoms with van der Waals surface area (Å²) in [6.07, 6.45) is 1.98. The number of aryl methyl sites for hydroxylation is 1. The van der Waals surface area contributed by atoms with Crippen molar-refractivity contribution in [1.29, 1.82) is 0 Å². The van der Waals surface area contributed by atoms with Gasteiger partial charge in [0.2, 0.25) is 5.91 Å². The van der Waals surface area contributed by atoms with Crippen molar-refractivity contribution in [2.45, 2.75) is 45.2 Å². The van der Waals surface area contributed by atoms with Gasteiger partial charge in [-0.05, 0) is 26.7 Å². The molecule has 0 radical (unpaired) electrons. The van der Waals surface area contributed by atoms with Gasteiger partial charge in [0.25, 0.3) is 5.91 Å². The molecule has 0 aromatic carbocycles. The van der Waals surface area contributed by atoms with E-state index in [1.807, 2.05) is 13.8 Å². The molecule has 0 bridgehead atoms. The first-order valence-electron chi connectivity index (χ1n) is 7.07. The summed E-state index contributed by atoms with van der Waals surface area (Å²) in [7, 11) is 1.48. The lowest BCUT2D eigenvalue weighted by Gasteiger charge is -2.22. The van der Waals surface area contributed by atoms with Crippen LogP contribution in [0.4, 0.5) is 0 Å². The van der Waals surface area contributed by atoms with Crippen LogP contribution in [-0.4, -0.2) is 42.8 Å². The molecule has 1 atom stereocenters. The SMILES string of the molecule is COCC(=O)NC1CCc2onc(C(=O)NC(C)C)c2C1. The zero-order valence-corrected chi connectivity index (χ0v) is 12.6. The maximum atomic E-state index is 12.1. The Bertz CT molecular complexity index is 524. The van der Waals surface area contributed by atoms with Gasteiger partial charge in [0, 0.05) is 31.2 Å². The average Bonchev–Trinajstić information content (AvgIpc) is 2.81. The number of ether oxygens (including phenoxy) is 1. The van der Waals surface area contributed by atoms with Crippen molar-refractivity contribution in [3.05, 3.63) is 17.0 Å². The Labute approximate surface area is 123 Å². The van der Waals surface area contributed by atoms with Gasteiger partial charge < -0.3 is 19.9 Å². The number of aromatic nitrogens is 1. The van der Waals surface area contributed by atoms with Gasteiger partial charge in [0.1, 0.15) is 12.4 Å². The van der Waals surface area contributed by atoms with Crippen LogP contribution in [-0.2, 0) is 22.4 Å². The normalized spacial score (nSPS) is 17.4. The van der Waals surface area contributed by atoms with Gasteiger partial charge in [-0.3, -0.25) is 9.59 Å². The van der Waals surface area contributed by atoms with Crippen molar-refractivity contribution in [3.8, 4) is 0 Å². The molecule has 1 unspecified atom stereocenters. The van der Waals surface area contributed by atoms with E-state index < -0.39 is 0 Å². The molecule has 21 heavy (non-hydrogen) atoms. The zero-order chi connectivity index (χ0) is 15.4. The van der Waals surface area contributed by atoms with Crippen LogP contribution in [0.5, 0.6) is 0 Å². The number of nitrogens with zero attached hydrogens (tertiary/aromatic N) is 1. The summed E-state index contributed by atoms with van der Waals surface area (Å²) in [4.78, 5) is 23.6. The Hall–Kier alpha value is -1.89. The van der Waals surface area contributed by atoms with Crippen LogP contribution >= 0.6 is 0 Å². The fraction of sp³-hybridized carbons (Fsp3) is 0.643. The lowest BCUT2D eigenvalue weighted by Crippen LogP contribution is -2.41. The summed E-state index contributed by atoms with van der Waals surface area (Å²) >= 11 is 0. The van der Waals surface area contributed by atoms with E-state index >= 15 is 0 Å². The number of methoxy groups -OCH3 is 1. The molecule has 0 aliphatic heterocycles. The highest BCUT2D eigenvalue weighted by Gasteiger charge is 2.29. The van der Waals surface area contributed by atoms with E-state index in [0.717, 1.165) is 17.7 Å². The zero-order valence-electron chi connectivity index (χ0n) is 12.6. The fourth-order valence-electron chi connectivity index (χ4n) is 2.44. The van der Waals surface area contributed by atoms with Crippen LogP contribution in [0, 0.1) is 0 Å². The molecule has 7 heteroatoms. The third-order valence-corrected chi connectivity index (χ3v) is 3.32. The van der Waals surface area contributed by atoms with E-state index in [9.17, 15) is 9.59 Å². The maximum Gasteiger partial charge on any atom is 0.273 e. The van der Waals surface area contributed by atoms with E-state index in [1.165, 1.54) is 7.11 Å². The third-order valence-electron chi connectivity index (χ3n) is 3.32. The van der Waals surface area contributed by atoms with Gasteiger partial charge in [0.05, 0.1) is 0 Å². The molecule has 0 fully saturated rings. The molecule has 2 amide bonds. The first-order valence-corrected chi connectivity index (χ1v) is 7.07. The second kappa shape index (κ2) is 6.71. The third kappa shape index (κ3) is 3.81. The lowest BCUT2D eigenvalue weighted by molar-refractivity contribution is -0.125. The molecule has 7 nitrogen and oxygen atoms in total. The molecule has 1 heterocycles. The van der Waals surface area contributed by atoms with Crippen molar-refractivity contribution < 1.29 is 18.8 Å². The predicted octanol–water partition coefficient (Wildman–Crippen LogP) is 0.433. The molecule has 1 aliphatic rings. The van der Waals surface area contributed by atoms with Crippen molar-refractivity contribution in [2.24, 2.45) is 0 Å². The Morgan fingerprint density at radius 3 is 2.90 bits per heavy atom. The molecule has 1 aromatic rings. The van der Waals surface area contributed by atoms with Crippen LogP contribution < -0.4 is 10.6 Å². The van der Waals surface area contributed by atoms with Crippen LogP contribution in [0.1, 0.15) is 42.1 Å². The minimum Gasteiger partial charge on any atom is -0.375 e. The number of nitrogens with one attached hydrogen (secondary N) is 2. The first-order chi connectivity index (χ1) is 10.0. The van der Waals surface area contributed by atoms with Gasteiger partial charge in [-0.2, -0.15) is 0 Å². The summed E-state index contributed by atoms with van der Waals surface area (Å²) in [6.45, 7) is 3.81. The number of amides is 2. The van der Waals surface area contributed by atoms with E-state index in [-0.39, 0.29) is 30.5 Å². The topological polar surface area (TPSA) is 93.5 Å². The second-order valence-electron chi connectivity index (χ2n) is 5.50. The summed E-state index contributed by atoms with van der Waals surface area (Å²) in [5.74, 6) is 0.343. The smallest absolute Gasteiger partial charge is 0.273 e. The van der Waals surface area contributed by atoms with Crippen LogP contribution in [0.2, 0.25) is 0 Å². The van der Waals surface area contributed by atoms with Crippen LogP contribution in [0.15, 0.2) is 4.52 Å². The molecular weight excluding hydrogens is 274 g/mol. The summed E-state index contributed by atoms with van der Waals surface area (Å²) in [6, 6.07) is 0.00999. The summed E-state index contributed by atoms with van der Waals surface area (Å²) < 4.78 is 10.0. The van der Waals surface area contributed by atoms with Gasteiger partial charge in [-0.15, -0.1) is 0 Å². The molecule has 0 saturated carbocycles. The molecule has 116 valence electrons. The quantitative estimate of drug-likeness (QED) is 0.822. The Balaban J connectivity index is 2.06. The van der Waals surface area contributed by atoms with Gasteiger partial charge >= 0.3 is 0 Å². The van der Waals surface area contributed by atoms with Crippen LogP contribution in [0.3, 0.4) is 0 Å². The van der Waals surface area contributed by atoms with Gasteiger partial charge in [0.15, 0.2) is 5.69 Å². The molecule has 1 aliphatic carbocycles. The minimum absolute atomic E-state index is 0.0230. The van der Waals surface area contributed by atoms with Gasteiger partial charge in [-0.1, -0.05) is 5.16 Å². The Morgan fingerprint density at radius 2 is 2.24 bits per heavy atom. The molecule has 2 rings (SSSR count). The Kier molecular flexibility index (Phi) is 4.95. The molecule has 1 aromatic heterocycles. The summed E-state index contributed by atoms with van der Waals surface area (Å²) in [5.41, 5.74) is 1.12. The number of hydrogen-bond donors (Lipinski definition) is 2. The highest BCUT2D eigenvalue weighted by atomic mass is 16.5. The number of carbonyl (C=O) groups is 2. The maximum absolute atomic E-state index is 12.1. The van der Waals surface area contributed by atoms with Gasteiger partial charge in [-0.25, -0.2) is 0 Å². The highest BCUT2D eigenvalue weighted by molar-refractivity contribution is 5.94. The van der Waals surface area contributed by atoms with E-state index in [4.69, 9.17) is 9.26 Å². The largest absolute Gasteiger partial charge is 0.375 e. The van der Waals surface area contributed by atoms with Crippen molar-refractivity contribution in [2.75, 3.05) is 13.7 Å². The molecule has 0 spiro atoms. The van der Waals surface area contributed by atoms with E-state index in [2.05, 4.69) is 15.8 Å². The van der Waals surface area contributed by atoms with E-state index in [0.29, 0.717) is 18.5 Å². The average molecular weight is 295 g/mol. The second-order valence-corrected chi connectivity index (χ2v) is 5.50. The fourth-order valence-corrected chi connectivity index (χ4v) is 2.44. The van der Waals surface area contributed by atoms with Crippen molar-refractivity contribution >= 4 is 11.8 Å². The first kappa shape index (κ1) is 15.5. The predicted molar refractivity (Wildman–Crippen MR) is 74.9 cm³/mol. The van der Waals surface area contributed by atoms with Crippen molar-refractivity contribution in [3.63, 3.8) is 0 Å². The molecule has 0 saturated heterocycles. The number of hydrogen-bond acceptors (Lipinski definition) is 5. The molecule has 2 N–H and O–H groups in total. The Morgan fingerprint density at radius 1 is 1.48 bits per heavy atom. The van der Waals surface area contributed by atoms with Crippen molar-refractivity contribution in [1.82, 2.24) is 15.8 Å². The minimum atomic E-state index is -0.237. The monoisotopic (exact) mass is 295 g/mol. The summed E-state index contributed by atoms with van der Waals surface area (Å²) in [5, 5.41) is 9.57. The lowest BCUT2D eigenvalue weighted by atomic mass is 9.92.